The fourth-order valence-corrected chi connectivity index (χ4v) is 2.46. The van der Waals surface area contributed by atoms with Gasteiger partial charge in [0.15, 0.2) is 6.29 Å². The van der Waals surface area contributed by atoms with E-state index in [4.69, 9.17) is 4.74 Å². The fourth-order valence-electron chi connectivity index (χ4n) is 1.57. The maximum atomic E-state index is 11.1. The second-order valence-corrected chi connectivity index (χ2v) is 5.05. The molecule has 0 aliphatic carbocycles. The lowest BCUT2D eigenvalue weighted by Gasteiger charge is -2.07. The molecule has 0 aromatic heterocycles. The molecule has 0 aliphatic heterocycles. The predicted molar refractivity (Wildman–Crippen MR) is 73.7 cm³/mol. The largest absolute Gasteiger partial charge is 0.497 e. The molecule has 0 spiro atoms. The van der Waals surface area contributed by atoms with Gasteiger partial charge in [-0.2, -0.15) is 0 Å². The zero-order chi connectivity index (χ0) is 13.0. The van der Waals surface area contributed by atoms with Crippen molar-refractivity contribution in [1.29, 1.82) is 0 Å². The number of hydrogen-bond donors (Lipinski definition) is 0. The first-order valence-electron chi connectivity index (χ1n) is 5.60. The summed E-state index contributed by atoms with van der Waals surface area (Å²) in [5.41, 5.74) is 1.88. The number of ether oxygens (including phenoxy) is 1. The Morgan fingerprint density at radius 3 is 2.44 bits per heavy atom. The quantitative estimate of drug-likeness (QED) is 0.776. The number of carbonyl (C=O) groups excluding carboxylic acids is 1. The molecule has 18 heavy (non-hydrogen) atoms. The zero-order valence-electron chi connectivity index (χ0n) is 10.3. The Labute approximate surface area is 111 Å². The van der Waals surface area contributed by atoms with Gasteiger partial charge in [-0.1, -0.05) is 29.5 Å². The molecular formula is C15H14O2S. The Hall–Kier alpha value is -1.74. The molecule has 0 heterocycles. The summed E-state index contributed by atoms with van der Waals surface area (Å²) in [6, 6.07) is 13.8. The molecule has 0 unspecified atom stereocenters. The van der Waals surface area contributed by atoms with Crippen molar-refractivity contribution in [3.8, 4) is 5.75 Å². The van der Waals surface area contributed by atoms with E-state index in [0.717, 1.165) is 16.1 Å². The highest BCUT2D eigenvalue weighted by molar-refractivity contribution is 7.99. The molecule has 0 atom stereocenters. The van der Waals surface area contributed by atoms with E-state index in [9.17, 15) is 4.79 Å². The molecule has 2 aromatic carbocycles. The Morgan fingerprint density at radius 1 is 1.11 bits per heavy atom. The number of benzene rings is 2. The summed E-state index contributed by atoms with van der Waals surface area (Å²) in [5.74, 6) is 0.699. The van der Waals surface area contributed by atoms with Crippen molar-refractivity contribution >= 4 is 18.0 Å². The fraction of sp³-hybridized carbons (Fsp3) is 0.133. The molecule has 0 bridgehead atoms. The van der Waals surface area contributed by atoms with Gasteiger partial charge >= 0.3 is 0 Å². The summed E-state index contributed by atoms with van der Waals surface area (Å²) in [4.78, 5) is 13.1. The predicted octanol–water partition coefficient (Wildman–Crippen LogP) is 3.97. The average molecular weight is 258 g/mol. The Balaban J connectivity index is 2.28. The number of aryl methyl sites for hydroxylation is 1. The standard InChI is InChI=1S/C15H14O2S/c1-11-3-6-14(7-4-11)18-15-8-5-13(17-2)9-12(15)10-16/h3-10H,1-2H3. The molecule has 0 fully saturated rings. The first-order chi connectivity index (χ1) is 8.72. The van der Waals surface area contributed by atoms with Crippen molar-refractivity contribution in [2.24, 2.45) is 0 Å². The summed E-state index contributed by atoms with van der Waals surface area (Å²) in [5, 5.41) is 0. The van der Waals surface area contributed by atoms with Crippen molar-refractivity contribution in [2.45, 2.75) is 16.7 Å². The lowest BCUT2D eigenvalue weighted by molar-refractivity contribution is 0.112. The molecule has 2 rings (SSSR count). The van der Waals surface area contributed by atoms with E-state index < -0.39 is 0 Å². The van der Waals surface area contributed by atoms with Crippen LogP contribution in [0.4, 0.5) is 0 Å². The summed E-state index contributed by atoms with van der Waals surface area (Å²) in [7, 11) is 1.59. The average Bonchev–Trinajstić information content (AvgIpc) is 2.41. The van der Waals surface area contributed by atoms with Crippen LogP contribution in [0.2, 0.25) is 0 Å². The van der Waals surface area contributed by atoms with Gasteiger partial charge in [0.25, 0.3) is 0 Å². The Kier molecular flexibility index (Phi) is 4.05. The first-order valence-corrected chi connectivity index (χ1v) is 6.42. The van der Waals surface area contributed by atoms with Crippen LogP contribution in [0, 0.1) is 6.92 Å². The van der Waals surface area contributed by atoms with Crippen molar-refractivity contribution in [3.05, 3.63) is 53.6 Å². The molecule has 3 heteroatoms. The topological polar surface area (TPSA) is 26.3 Å². The van der Waals surface area contributed by atoms with Crippen LogP contribution in [0.1, 0.15) is 15.9 Å². The molecule has 0 amide bonds. The highest BCUT2D eigenvalue weighted by Crippen LogP contribution is 2.31. The SMILES string of the molecule is COc1ccc(Sc2ccc(C)cc2)c(C=O)c1. The smallest absolute Gasteiger partial charge is 0.151 e. The van der Waals surface area contributed by atoms with E-state index >= 15 is 0 Å². The molecule has 0 saturated carbocycles. The van der Waals surface area contributed by atoms with Crippen LogP contribution in [0.25, 0.3) is 0 Å². The molecule has 0 radical (unpaired) electrons. The van der Waals surface area contributed by atoms with Crippen molar-refractivity contribution in [1.82, 2.24) is 0 Å². The molecule has 92 valence electrons. The minimum atomic E-state index is 0.653. The maximum absolute atomic E-state index is 11.1. The normalized spacial score (nSPS) is 10.1. The zero-order valence-corrected chi connectivity index (χ0v) is 11.2. The molecule has 2 nitrogen and oxygen atoms in total. The van der Waals surface area contributed by atoms with Crippen LogP contribution >= 0.6 is 11.8 Å². The van der Waals surface area contributed by atoms with Gasteiger partial charge in [-0.25, -0.2) is 0 Å². The van der Waals surface area contributed by atoms with E-state index in [1.54, 1.807) is 24.9 Å². The lowest BCUT2D eigenvalue weighted by Crippen LogP contribution is -1.89. The van der Waals surface area contributed by atoms with Crippen LogP contribution in [-0.2, 0) is 0 Å². The van der Waals surface area contributed by atoms with Gasteiger partial charge in [-0.05, 0) is 37.3 Å². The summed E-state index contributed by atoms with van der Waals surface area (Å²) in [6.07, 6.45) is 0.860. The molecule has 2 aromatic rings. The number of carbonyl (C=O) groups is 1. The molecule has 0 aliphatic rings. The first kappa shape index (κ1) is 12.7. The number of methoxy groups -OCH3 is 1. The molecule has 0 N–H and O–H groups in total. The maximum Gasteiger partial charge on any atom is 0.151 e. The summed E-state index contributed by atoms with van der Waals surface area (Å²) >= 11 is 1.58. The second kappa shape index (κ2) is 5.74. The lowest BCUT2D eigenvalue weighted by atomic mass is 10.2. The highest BCUT2D eigenvalue weighted by atomic mass is 32.2. The van der Waals surface area contributed by atoms with E-state index in [2.05, 4.69) is 31.2 Å². The number of hydrogen-bond acceptors (Lipinski definition) is 3. The molecular weight excluding hydrogens is 244 g/mol. The van der Waals surface area contributed by atoms with Gasteiger partial charge in [-0.15, -0.1) is 0 Å². The van der Waals surface area contributed by atoms with Crippen LogP contribution < -0.4 is 4.74 Å². The van der Waals surface area contributed by atoms with Crippen LogP contribution in [0.5, 0.6) is 5.75 Å². The third-order valence-electron chi connectivity index (χ3n) is 2.59. The van der Waals surface area contributed by atoms with Crippen molar-refractivity contribution in [3.63, 3.8) is 0 Å². The van der Waals surface area contributed by atoms with E-state index in [0.29, 0.717) is 11.3 Å². The van der Waals surface area contributed by atoms with Crippen molar-refractivity contribution in [2.75, 3.05) is 7.11 Å². The van der Waals surface area contributed by atoms with Gasteiger partial charge in [-0.3, -0.25) is 4.79 Å². The van der Waals surface area contributed by atoms with E-state index in [1.807, 2.05) is 12.1 Å². The second-order valence-electron chi connectivity index (χ2n) is 3.94. The minimum absolute atomic E-state index is 0.653. The van der Waals surface area contributed by atoms with Crippen molar-refractivity contribution < 1.29 is 9.53 Å². The van der Waals surface area contributed by atoms with Gasteiger partial charge in [0, 0.05) is 15.4 Å². The van der Waals surface area contributed by atoms with Gasteiger partial charge in [0.2, 0.25) is 0 Å². The molecule has 0 saturated heterocycles. The van der Waals surface area contributed by atoms with Gasteiger partial charge in [0.1, 0.15) is 5.75 Å². The number of aldehydes is 1. The number of rotatable bonds is 4. The summed E-state index contributed by atoms with van der Waals surface area (Å²) < 4.78 is 5.11. The van der Waals surface area contributed by atoms with Gasteiger partial charge < -0.3 is 4.74 Å². The van der Waals surface area contributed by atoms with Crippen LogP contribution in [-0.4, -0.2) is 13.4 Å². The van der Waals surface area contributed by atoms with Gasteiger partial charge in [0.05, 0.1) is 7.11 Å². The van der Waals surface area contributed by atoms with E-state index in [-0.39, 0.29) is 0 Å². The Bertz CT molecular complexity index is 547. The Morgan fingerprint density at radius 2 is 1.83 bits per heavy atom. The third-order valence-corrected chi connectivity index (χ3v) is 3.69. The van der Waals surface area contributed by atoms with Crippen LogP contribution in [0.15, 0.2) is 52.3 Å². The third kappa shape index (κ3) is 2.93. The van der Waals surface area contributed by atoms with Crippen LogP contribution in [0.3, 0.4) is 0 Å². The monoisotopic (exact) mass is 258 g/mol. The summed E-state index contributed by atoms with van der Waals surface area (Å²) in [6.45, 7) is 2.05. The highest BCUT2D eigenvalue weighted by Gasteiger charge is 2.05. The van der Waals surface area contributed by atoms with E-state index in [1.165, 1.54) is 5.56 Å². The minimum Gasteiger partial charge on any atom is -0.497 e.